The van der Waals surface area contributed by atoms with Gasteiger partial charge in [-0.05, 0) is 48.9 Å². The number of amides is 1. The third-order valence-corrected chi connectivity index (χ3v) is 5.81. The van der Waals surface area contributed by atoms with Crippen LogP contribution in [-0.2, 0) is 11.3 Å². The highest BCUT2D eigenvalue weighted by atomic mass is 35.5. The molecule has 3 heterocycles. The van der Waals surface area contributed by atoms with Gasteiger partial charge in [-0.2, -0.15) is 5.10 Å². The van der Waals surface area contributed by atoms with Gasteiger partial charge in [-0.1, -0.05) is 35.9 Å². The Morgan fingerprint density at radius 3 is 2.66 bits per heavy atom. The lowest BCUT2D eigenvalue weighted by Crippen LogP contribution is -2.35. The van der Waals surface area contributed by atoms with Gasteiger partial charge >= 0.3 is 0 Å². The van der Waals surface area contributed by atoms with Gasteiger partial charge in [0.25, 0.3) is 11.5 Å². The molecule has 5 rings (SSSR count). The van der Waals surface area contributed by atoms with Crippen LogP contribution in [0.4, 0.5) is 0 Å². The molecule has 1 unspecified atom stereocenters. The minimum absolute atomic E-state index is 0.170. The number of para-hydroxylation sites is 1. The van der Waals surface area contributed by atoms with Crippen molar-refractivity contribution in [3.63, 3.8) is 0 Å². The first-order valence-electron chi connectivity index (χ1n) is 10.2. The lowest BCUT2D eigenvalue weighted by molar-refractivity contribution is -0.134. The van der Waals surface area contributed by atoms with Crippen LogP contribution in [0.5, 0.6) is 0 Å². The van der Waals surface area contributed by atoms with Gasteiger partial charge in [-0.25, -0.2) is 9.99 Å². The number of fused-ring (bicyclic) bond motifs is 1. The number of rotatable bonds is 4. The van der Waals surface area contributed by atoms with Gasteiger partial charge < -0.3 is 4.42 Å². The fraction of sp³-hybridized carbons (Fsp3) is 0.167. The van der Waals surface area contributed by atoms with Crippen LogP contribution >= 0.6 is 11.6 Å². The smallest absolute Gasteiger partial charge is 0.263 e. The summed E-state index contributed by atoms with van der Waals surface area (Å²) in [5, 5.41) is 7.11. The summed E-state index contributed by atoms with van der Waals surface area (Å²) >= 11 is 6.01. The molecule has 4 aromatic rings. The number of aromatic nitrogens is 2. The van der Waals surface area contributed by atoms with E-state index < -0.39 is 6.04 Å². The summed E-state index contributed by atoms with van der Waals surface area (Å²) < 4.78 is 6.98. The first-order chi connectivity index (χ1) is 15.5. The minimum Gasteiger partial charge on any atom is -0.467 e. The highest BCUT2D eigenvalue weighted by molar-refractivity contribution is 6.30. The number of furan rings is 1. The maximum atomic E-state index is 13.4. The summed E-state index contributed by atoms with van der Waals surface area (Å²) in [5.41, 5.74) is 1.98. The van der Waals surface area contributed by atoms with E-state index in [2.05, 4.69) is 10.1 Å². The molecule has 1 atom stereocenters. The van der Waals surface area contributed by atoms with Crippen molar-refractivity contribution < 1.29 is 9.21 Å². The lowest BCUT2D eigenvalue weighted by atomic mass is 10.0. The molecule has 0 N–H and O–H groups in total. The Hall–Kier alpha value is -3.71. The summed E-state index contributed by atoms with van der Waals surface area (Å²) in [6, 6.07) is 17.6. The van der Waals surface area contributed by atoms with E-state index in [9.17, 15) is 9.59 Å². The topological polar surface area (TPSA) is 80.7 Å². The van der Waals surface area contributed by atoms with E-state index in [0.717, 1.165) is 11.3 Å². The third-order valence-electron chi connectivity index (χ3n) is 5.56. The molecule has 0 fully saturated rings. The number of hydrogen-bond donors (Lipinski definition) is 0. The zero-order valence-corrected chi connectivity index (χ0v) is 18.0. The normalized spacial score (nSPS) is 15.9. The summed E-state index contributed by atoms with van der Waals surface area (Å²) in [6.07, 6.45) is 2.06. The molecule has 1 aliphatic rings. The van der Waals surface area contributed by atoms with Crippen LogP contribution in [0.2, 0.25) is 5.02 Å². The van der Waals surface area contributed by atoms with Crippen molar-refractivity contribution in [3.8, 4) is 0 Å². The Labute approximate surface area is 188 Å². The SMILES string of the molecule is Cc1nc2ccccc2c(=O)n1CC(=O)N1N=C(c2ccc(Cl)cc2)CC1c1ccco1. The fourth-order valence-electron chi connectivity index (χ4n) is 3.93. The number of halogens is 1. The highest BCUT2D eigenvalue weighted by Gasteiger charge is 2.35. The van der Waals surface area contributed by atoms with Crippen molar-refractivity contribution in [3.05, 3.63) is 99.5 Å². The van der Waals surface area contributed by atoms with Crippen LogP contribution in [0.15, 0.2) is 81.2 Å². The number of benzene rings is 2. The van der Waals surface area contributed by atoms with Crippen LogP contribution in [0.25, 0.3) is 10.9 Å². The number of hydrazone groups is 1. The van der Waals surface area contributed by atoms with Crippen molar-refractivity contribution in [2.75, 3.05) is 0 Å². The maximum Gasteiger partial charge on any atom is 0.263 e. The van der Waals surface area contributed by atoms with Crippen molar-refractivity contribution in [2.45, 2.75) is 25.9 Å². The van der Waals surface area contributed by atoms with E-state index in [4.69, 9.17) is 16.0 Å². The van der Waals surface area contributed by atoms with Gasteiger partial charge in [-0.15, -0.1) is 0 Å². The average Bonchev–Trinajstić information content (AvgIpc) is 3.47. The Morgan fingerprint density at radius 2 is 1.91 bits per heavy atom. The van der Waals surface area contributed by atoms with Crippen molar-refractivity contribution in [1.82, 2.24) is 14.6 Å². The van der Waals surface area contributed by atoms with Gasteiger partial charge in [0.15, 0.2) is 0 Å². The second-order valence-electron chi connectivity index (χ2n) is 7.59. The van der Waals surface area contributed by atoms with Crippen LogP contribution in [-0.4, -0.2) is 26.2 Å². The molecule has 0 spiro atoms. The van der Waals surface area contributed by atoms with Gasteiger partial charge in [-0.3, -0.25) is 14.2 Å². The van der Waals surface area contributed by atoms with Gasteiger partial charge in [0.2, 0.25) is 0 Å². The Balaban J connectivity index is 1.51. The van der Waals surface area contributed by atoms with Crippen molar-refractivity contribution in [1.29, 1.82) is 0 Å². The predicted molar refractivity (Wildman–Crippen MR) is 122 cm³/mol. The Kier molecular flexibility index (Phi) is 5.11. The molecule has 0 radical (unpaired) electrons. The quantitative estimate of drug-likeness (QED) is 0.467. The molecule has 2 aromatic heterocycles. The monoisotopic (exact) mass is 446 g/mol. The van der Waals surface area contributed by atoms with Crippen LogP contribution in [0, 0.1) is 6.92 Å². The zero-order chi connectivity index (χ0) is 22.2. The van der Waals surface area contributed by atoms with Crippen LogP contribution in [0.3, 0.4) is 0 Å². The fourth-order valence-corrected chi connectivity index (χ4v) is 4.06. The number of nitrogens with zero attached hydrogens (tertiary/aromatic N) is 4. The molecule has 160 valence electrons. The van der Waals surface area contributed by atoms with E-state index in [-0.39, 0.29) is 18.0 Å². The van der Waals surface area contributed by atoms with E-state index in [1.807, 2.05) is 24.3 Å². The lowest BCUT2D eigenvalue weighted by Gasteiger charge is -2.21. The molecule has 1 aliphatic heterocycles. The third kappa shape index (κ3) is 3.61. The molecule has 0 aliphatic carbocycles. The molecule has 0 saturated heterocycles. The molecule has 7 nitrogen and oxygen atoms in total. The van der Waals surface area contributed by atoms with Crippen molar-refractivity contribution >= 4 is 34.1 Å². The predicted octanol–water partition coefficient (Wildman–Crippen LogP) is 4.33. The maximum absolute atomic E-state index is 13.4. The molecular weight excluding hydrogens is 428 g/mol. The molecule has 0 saturated carbocycles. The minimum atomic E-state index is -0.396. The summed E-state index contributed by atoms with van der Waals surface area (Å²) in [4.78, 5) is 30.9. The molecule has 32 heavy (non-hydrogen) atoms. The Bertz CT molecular complexity index is 1390. The summed E-state index contributed by atoms with van der Waals surface area (Å²) in [7, 11) is 0. The molecular formula is C24H19ClN4O3. The van der Waals surface area contributed by atoms with Gasteiger partial charge in [0.05, 0.1) is 22.9 Å². The molecule has 1 amide bonds. The first-order valence-corrected chi connectivity index (χ1v) is 10.5. The van der Waals surface area contributed by atoms with Gasteiger partial charge in [0, 0.05) is 11.4 Å². The number of aryl methyl sites for hydroxylation is 1. The van der Waals surface area contributed by atoms with E-state index in [1.54, 1.807) is 49.6 Å². The standard InChI is InChI=1S/C24H19ClN4O3/c1-15-26-19-6-3-2-5-18(19)24(31)28(15)14-23(30)29-21(22-7-4-12-32-22)13-20(27-29)16-8-10-17(25)11-9-16/h2-12,21H,13-14H2,1H3. The Morgan fingerprint density at radius 1 is 1.12 bits per heavy atom. The van der Waals surface area contributed by atoms with E-state index in [0.29, 0.717) is 33.9 Å². The van der Waals surface area contributed by atoms with Crippen LogP contribution < -0.4 is 5.56 Å². The van der Waals surface area contributed by atoms with E-state index >= 15 is 0 Å². The highest BCUT2D eigenvalue weighted by Crippen LogP contribution is 2.33. The van der Waals surface area contributed by atoms with Gasteiger partial charge in [0.1, 0.15) is 24.2 Å². The van der Waals surface area contributed by atoms with Crippen LogP contribution in [0.1, 0.15) is 29.6 Å². The second kappa shape index (κ2) is 8.09. The zero-order valence-electron chi connectivity index (χ0n) is 17.2. The molecule has 2 aromatic carbocycles. The summed E-state index contributed by atoms with van der Waals surface area (Å²) in [5.74, 6) is 0.780. The summed E-state index contributed by atoms with van der Waals surface area (Å²) in [6.45, 7) is 1.55. The van der Waals surface area contributed by atoms with Crippen molar-refractivity contribution in [2.24, 2.45) is 5.10 Å². The second-order valence-corrected chi connectivity index (χ2v) is 8.03. The number of hydrogen-bond acceptors (Lipinski definition) is 5. The largest absolute Gasteiger partial charge is 0.467 e. The molecule has 0 bridgehead atoms. The first kappa shape index (κ1) is 20.2. The number of carbonyl (C=O) groups excluding carboxylic acids is 1. The van der Waals surface area contributed by atoms with E-state index in [1.165, 1.54) is 9.58 Å². The molecule has 8 heteroatoms. The number of carbonyl (C=O) groups is 1. The average molecular weight is 447 g/mol.